The fourth-order valence-corrected chi connectivity index (χ4v) is 5.06. The number of carbonyl (C=O) groups is 2. The summed E-state index contributed by atoms with van der Waals surface area (Å²) in [6.45, 7) is 7.88. The van der Waals surface area contributed by atoms with Crippen molar-refractivity contribution in [2.75, 3.05) is 12.3 Å². The van der Waals surface area contributed by atoms with Gasteiger partial charge in [-0.1, -0.05) is 29.8 Å². The maximum absolute atomic E-state index is 14.8. The Morgan fingerprint density at radius 2 is 1.80 bits per heavy atom. The quantitative estimate of drug-likeness (QED) is 0.231. The van der Waals surface area contributed by atoms with E-state index in [0.29, 0.717) is 22.2 Å². The van der Waals surface area contributed by atoms with E-state index < -0.39 is 23.2 Å². The molecule has 0 bridgehead atoms. The van der Waals surface area contributed by atoms with Crippen LogP contribution in [0.1, 0.15) is 69.7 Å². The van der Waals surface area contributed by atoms with Crippen LogP contribution in [0.3, 0.4) is 0 Å². The molecule has 0 fully saturated rings. The van der Waals surface area contributed by atoms with E-state index in [9.17, 15) is 14.0 Å². The molecule has 3 aromatic rings. The first-order chi connectivity index (χ1) is 16.5. The van der Waals surface area contributed by atoms with E-state index in [4.69, 9.17) is 15.2 Å². The molecular weight excluding hydrogens is 513 g/mol. The molecular formula is C28H27BrFNO4. The van der Waals surface area contributed by atoms with Crippen LogP contribution in [0.5, 0.6) is 5.75 Å². The van der Waals surface area contributed by atoms with Crippen LogP contribution in [0.2, 0.25) is 0 Å². The molecule has 0 spiro atoms. The van der Waals surface area contributed by atoms with E-state index in [1.165, 1.54) is 17.7 Å². The minimum Gasteiger partial charge on any atom is -0.486 e. The summed E-state index contributed by atoms with van der Waals surface area (Å²) in [5, 5.41) is 0. The number of halogens is 2. The summed E-state index contributed by atoms with van der Waals surface area (Å²) in [7, 11) is 0. The molecule has 5 nitrogen and oxygen atoms in total. The lowest BCUT2D eigenvalue weighted by atomic mass is 9.77. The van der Waals surface area contributed by atoms with Gasteiger partial charge in [-0.3, -0.25) is 4.79 Å². The minimum absolute atomic E-state index is 0.0189. The van der Waals surface area contributed by atoms with Crippen LogP contribution in [0.25, 0.3) is 0 Å². The topological polar surface area (TPSA) is 78.6 Å². The molecule has 0 aromatic heterocycles. The average Bonchev–Trinajstić information content (AvgIpc) is 2.81. The molecule has 0 saturated carbocycles. The van der Waals surface area contributed by atoms with Crippen molar-refractivity contribution in [1.82, 2.24) is 0 Å². The van der Waals surface area contributed by atoms with E-state index in [0.717, 1.165) is 11.1 Å². The van der Waals surface area contributed by atoms with Crippen molar-refractivity contribution in [1.29, 1.82) is 0 Å². The zero-order valence-corrected chi connectivity index (χ0v) is 21.7. The predicted molar refractivity (Wildman–Crippen MR) is 137 cm³/mol. The molecule has 0 aliphatic carbocycles. The molecule has 3 aromatic carbocycles. The van der Waals surface area contributed by atoms with Crippen molar-refractivity contribution < 1.29 is 23.5 Å². The summed E-state index contributed by atoms with van der Waals surface area (Å²) in [5.41, 5.74) is 8.31. The van der Waals surface area contributed by atoms with Gasteiger partial charge >= 0.3 is 5.97 Å². The molecule has 1 atom stereocenters. The van der Waals surface area contributed by atoms with Crippen molar-refractivity contribution in [3.05, 3.63) is 92.2 Å². The second kappa shape index (κ2) is 9.46. The lowest BCUT2D eigenvalue weighted by Crippen LogP contribution is -2.40. The lowest BCUT2D eigenvalue weighted by Gasteiger charge is -2.41. The number of anilines is 1. The van der Waals surface area contributed by atoms with Gasteiger partial charge < -0.3 is 15.2 Å². The highest BCUT2D eigenvalue weighted by atomic mass is 79.9. The third-order valence-electron chi connectivity index (χ3n) is 6.41. The second-order valence-electron chi connectivity index (χ2n) is 9.26. The Morgan fingerprint density at radius 1 is 1.14 bits per heavy atom. The van der Waals surface area contributed by atoms with Gasteiger partial charge in [0.1, 0.15) is 11.4 Å². The summed E-state index contributed by atoms with van der Waals surface area (Å²) < 4.78 is 26.7. The number of benzene rings is 3. The van der Waals surface area contributed by atoms with E-state index in [1.807, 2.05) is 6.92 Å². The number of hydrogen-bond donors (Lipinski definition) is 1. The molecule has 1 heterocycles. The van der Waals surface area contributed by atoms with Crippen molar-refractivity contribution in [3.8, 4) is 5.75 Å². The maximum atomic E-state index is 14.8. The molecule has 182 valence electrons. The highest BCUT2D eigenvalue weighted by Crippen LogP contribution is 2.46. The lowest BCUT2D eigenvalue weighted by molar-refractivity contribution is 0.0520. The molecule has 1 aliphatic heterocycles. The molecule has 0 saturated heterocycles. The van der Waals surface area contributed by atoms with Crippen molar-refractivity contribution in [3.63, 3.8) is 0 Å². The Kier molecular flexibility index (Phi) is 6.73. The van der Waals surface area contributed by atoms with Gasteiger partial charge in [-0.15, -0.1) is 0 Å². The molecule has 0 radical (unpaired) electrons. The molecule has 1 unspecified atom stereocenters. The zero-order chi connectivity index (χ0) is 25.5. The standard InChI is InChI=1S/C28H27BrFNO4/c1-5-34-27(33)19-10-11-20(24(31)23(19)30)25(32)17-12-18-13-21(16-8-6-15(2)7-9-16)28(3,4)35-26(18)22(29)14-17/h6-12,14,21H,5,13,31H2,1-4H3. The Labute approximate surface area is 212 Å². The molecule has 2 N–H and O–H groups in total. The summed E-state index contributed by atoms with van der Waals surface area (Å²) >= 11 is 3.55. The Balaban J connectivity index is 1.71. The van der Waals surface area contributed by atoms with Gasteiger partial charge in [0.2, 0.25) is 0 Å². The van der Waals surface area contributed by atoms with Crippen LogP contribution in [0, 0.1) is 12.7 Å². The predicted octanol–water partition coefficient (Wildman–Crippen LogP) is 6.38. The molecule has 1 aliphatic rings. The van der Waals surface area contributed by atoms with E-state index in [1.54, 1.807) is 19.1 Å². The van der Waals surface area contributed by atoms with Crippen molar-refractivity contribution in [2.45, 2.75) is 45.6 Å². The molecule has 7 heteroatoms. The normalized spacial score (nSPS) is 16.2. The Bertz CT molecular complexity index is 1320. The Hall–Kier alpha value is -3.19. The van der Waals surface area contributed by atoms with Crippen LogP contribution in [0.4, 0.5) is 10.1 Å². The highest BCUT2D eigenvalue weighted by molar-refractivity contribution is 9.10. The van der Waals surface area contributed by atoms with Gasteiger partial charge in [-0.2, -0.15) is 0 Å². The number of nitrogen functional groups attached to an aromatic ring is 1. The number of nitrogens with two attached hydrogens (primary N) is 1. The van der Waals surface area contributed by atoms with E-state index in [2.05, 4.69) is 54.0 Å². The SMILES string of the molecule is CCOC(=O)c1ccc(C(=O)c2cc(Br)c3c(c2)CC(c2ccc(C)cc2)C(C)(C)O3)c(N)c1F. The van der Waals surface area contributed by atoms with Gasteiger partial charge in [0.05, 0.1) is 22.3 Å². The number of carbonyl (C=O) groups excluding carboxylic acids is 2. The minimum atomic E-state index is -0.962. The first-order valence-electron chi connectivity index (χ1n) is 11.4. The molecule has 4 rings (SSSR count). The number of fused-ring (bicyclic) bond motifs is 1. The number of ketones is 1. The zero-order valence-electron chi connectivity index (χ0n) is 20.1. The second-order valence-corrected chi connectivity index (χ2v) is 10.1. The van der Waals surface area contributed by atoms with Crippen LogP contribution in [-0.4, -0.2) is 24.0 Å². The third-order valence-corrected chi connectivity index (χ3v) is 7.00. The molecule has 35 heavy (non-hydrogen) atoms. The summed E-state index contributed by atoms with van der Waals surface area (Å²) in [5.74, 6) is -1.48. The van der Waals surface area contributed by atoms with Gasteiger partial charge in [-0.25, -0.2) is 9.18 Å². The van der Waals surface area contributed by atoms with Gasteiger partial charge in [0, 0.05) is 17.0 Å². The van der Waals surface area contributed by atoms with Crippen molar-refractivity contribution in [2.24, 2.45) is 0 Å². The van der Waals surface area contributed by atoms with Crippen LogP contribution < -0.4 is 10.5 Å². The largest absolute Gasteiger partial charge is 0.486 e. The van der Waals surface area contributed by atoms with Crippen molar-refractivity contribution >= 4 is 33.4 Å². The van der Waals surface area contributed by atoms with Crippen LogP contribution in [0.15, 0.2) is 53.0 Å². The van der Waals surface area contributed by atoms with Gasteiger partial charge in [0.15, 0.2) is 11.6 Å². The number of hydrogen-bond acceptors (Lipinski definition) is 5. The summed E-state index contributed by atoms with van der Waals surface area (Å²) in [6, 6.07) is 14.4. The first-order valence-corrected chi connectivity index (χ1v) is 12.2. The van der Waals surface area contributed by atoms with Crippen LogP contribution in [-0.2, 0) is 11.2 Å². The fraction of sp³-hybridized carbons (Fsp3) is 0.286. The van der Waals surface area contributed by atoms with E-state index in [-0.39, 0.29) is 29.3 Å². The smallest absolute Gasteiger partial charge is 0.341 e. The maximum Gasteiger partial charge on any atom is 0.341 e. The number of ether oxygens (including phenoxy) is 2. The van der Waals surface area contributed by atoms with Gasteiger partial charge in [0.25, 0.3) is 0 Å². The highest BCUT2D eigenvalue weighted by Gasteiger charge is 2.39. The average molecular weight is 540 g/mol. The number of esters is 1. The number of aryl methyl sites for hydroxylation is 1. The summed E-state index contributed by atoms with van der Waals surface area (Å²) in [6.07, 6.45) is 0.663. The number of rotatable bonds is 5. The fourth-order valence-electron chi connectivity index (χ4n) is 4.48. The van der Waals surface area contributed by atoms with Gasteiger partial charge in [-0.05, 0) is 85.4 Å². The van der Waals surface area contributed by atoms with E-state index >= 15 is 0 Å². The monoisotopic (exact) mass is 539 g/mol. The summed E-state index contributed by atoms with van der Waals surface area (Å²) in [4.78, 5) is 25.3. The molecule has 0 amide bonds. The Morgan fingerprint density at radius 3 is 2.46 bits per heavy atom. The first kappa shape index (κ1) is 24.9. The third kappa shape index (κ3) is 4.69. The van der Waals surface area contributed by atoms with Crippen LogP contribution >= 0.6 is 15.9 Å².